The van der Waals surface area contributed by atoms with Crippen LogP contribution in [0.15, 0.2) is 35.8 Å². The molecule has 0 spiro atoms. The fourth-order valence-corrected chi connectivity index (χ4v) is 5.01. The third kappa shape index (κ3) is 5.38. The number of rotatable bonds is 7. The van der Waals surface area contributed by atoms with Gasteiger partial charge in [-0.05, 0) is 48.7 Å². The Labute approximate surface area is 208 Å². The summed E-state index contributed by atoms with van der Waals surface area (Å²) in [5, 5.41) is 9.36. The lowest BCUT2D eigenvalue weighted by atomic mass is 9.87. The molecule has 0 saturated carbocycles. The first kappa shape index (κ1) is 24.9. The highest BCUT2D eigenvalue weighted by molar-refractivity contribution is 7.09. The van der Waals surface area contributed by atoms with Gasteiger partial charge in [-0.15, -0.1) is 11.3 Å². The van der Waals surface area contributed by atoms with Crippen molar-refractivity contribution in [1.29, 1.82) is 0 Å². The Morgan fingerprint density at radius 3 is 2.77 bits per heavy atom. The van der Waals surface area contributed by atoms with E-state index in [1.54, 1.807) is 5.51 Å². The minimum Gasteiger partial charge on any atom is -0.482 e. The number of hydrogen-bond donors (Lipinski definition) is 1. The summed E-state index contributed by atoms with van der Waals surface area (Å²) in [5.74, 6) is -3.03. The Morgan fingerprint density at radius 1 is 1.26 bits per heavy atom. The second-order valence-corrected chi connectivity index (χ2v) is 9.24. The van der Waals surface area contributed by atoms with Crippen molar-refractivity contribution >= 4 is 35.0 Å². The second-order valence-electron chi connectivity index (χ2n) is 7.86. The minimum absolute atomic E-state index is 0.0430. The molecule has 0 unspecified atom stereocenters. The van der Waals surface area contributed by atoms with Crippen molar-refractivity contribution in [1.82, 2.24) is 9.88 Å². The third-order valence-corrected chi connectivity index (χ3v) is 6.92. The molecule has 4 rings (SSSR count). The summed E-state index contributed by atoms with van der Waals surface area (Å²) < 4.78 is 39.6. The van der Waals surface area contributed by atoms with Crippen molar-refractivity contribution < 1.29 is 33.0 Å². The summed E-state index contributed by atoms with van der Waals surface area (Å²) in [6, 6.07) is 5.96. The number of carboxylic acid groups (broad SMARTS) is 1. The van der Waals surface area contributed by atoms with E-state index in [1.807, 2.05) is 6.92 Å². The molecule has 184 valence electrons. The quantitative estimate of drug-likeness (QED) is 0.460. The van der Waals surface area contributed by atoms with Crippen LogP contribution in [0.1, 0.15) is 33.3 Å². The van der Waals surface area contributed by atoms with Crippen LogP contribution in [-0.4, -0.2) is 46.8 Å². The van der Waals surface area contributed by atoms with Crippen LogP contribution in [0.25, 0.3) is 0 Å². The van der Waals surface area contributed by atoms with Crippen molar-refractivity contribution in [3.05, 3.63) is 79.8 Å². The number of aryl methyl sites for hydroxylation is 1. The molecule has 0 aliphatic carbocycles. The zero-order valence-corrected chi connectivity index (χ0v) is 20.2. The number of carboxylic acids is 1. The van der Waals surface area contributed by atoms with Crippen LogP contribution in [0, 0.1) is 18.6 Å². The first-order valence-corrected chi connectivity index (χ1v) is 11.9. The number of carbonyl (C=O) groups excluding carboxylic acids is 1. The minimum atomic E-state index is -1.20. The van der Waals surface area contributed by atoms with Crippen LogP contribution in [0.5, 0.6) is 5.75 Å². The van der Waals surface area contributed by atoms with Gasteiger partial charge in [-0.2, -0.15) is 0 Å². The summed E-state index contributed by atoms with van der Waals surface area (Å²) >= 11 is 7.69. The predicted molar refractivity (Wildman–Crippen MR) is 125 cm³/mol. The van der Waals surface area contributed by atoms with Crippen LogP contribution in [-0.2, 0) is 22.4 Å². The maximum Gasteiger partial charge on any atom is 0.410 e. The van der Waals surface area contributed by atoms with Gasteiger partial charge in [0.2, 0.25) is 0 Å². The Morgan fingerprint density at radius 2 is 2.06 bits per heavy atom. The number of aromatic nitrogens is 1. The number of hydrogen-bond acceptors (Lipinski definition) is 6. The SMILES string of the molecule is Cc1ncsc1CCOC(=O)N1CCc2c(ccc(F)c2F)[C@H]1c1cc(Cl)ccc1OCC(=O)O. The lowest BCUT2D eigenvalue weighted by Gasteiger charge is -2.37. The van der Waals surface area contributed by atoms with Gasteiger partial charge >= 0.3 is 12.1 Å². The molecule has 1 aromatic heterocycles. The lowest BCUT2D eigenvalue weighted by Crippen LogP contribution is -2.41. The highest BCUT2D eigenvalue weighted by atomic mass is 35.5. The molecule has 7 nitrogen and oxygen atoms in total. The zero-order valence-electron chi connectivity index (χ0n) is 18.6. The van der Waals surface area contributed by atoms with Crippen LogP contribution in [0.2, 0.25) is 5.02 Å². The number of carbonyl (C=O) groups is 2. The molecular formula is C24H21ClF2N2O5S. The third-order valence-electron chi connectivity index (χ3n) is 5.69. The summed E-state index contributed by atoms with van der Waals surface area (Å²) in [5.41, 5.74) is 3.39. The molecule has 2 aromatic carbocycles. The van der Waals surface area contributed by atoms with Crippen LogP contribution >= 0.6 is 22.9 Å². The van der Waals surface area contributed by atoms with Gasteiger partial charge in [0.15, 0.2) is 18.2 Å². The largest absolute Gasteiger partial charge is 0.482 e. The molecule has 1 aliphatic rings. The van der Waals surface area contributed by atoms with E-state index >= 15 is 0 Å². The molecule has 0 saturated heterocycles. The average Bonchev–Trinajstić information content (AvgIpc) is 3.24. The number of amides is 1. The number of nitrogens with zero attached hydrogens (tertiary/aromatic N) is 2. The lowest BCUT2D eigenvalue weighted by molar-refractivity contribution is -0.139. The Hall–Kier alpha value is -3.24. The van der Waals surface area contributed by atoms with Gasteiger partial charge in [-0.25, -0.2) is 23.4 Å². The van der Waals surface area contributed by atoms with Gasteiger partial charge in [-0.1, -0.05) is 17.7 Å². The molecule has 1 amide bonds. The maximum absolute atomic E-state index is 14.7. The topological polar surface area (TPSA) is 89.0 Å². The van der Waals surface area contributed by atoms with E-state index in [4.69, 9.17) is 26.2 Å². The normalized spacial score (nSPS) is 15.0. The molecular weight excluding hydrogens is 502 g/mol. The van der Waals surface area contributed by atoms with E-state index in [1.165, 1.54) is 40.5 Å². The van der Waals surface area contributed by atoms with Crippen molar-refractivity contribution in [3.63, 3.8) is 0 Å². The number of aliphatic carboxylic acids is 1. The highest BCUT2D eigenvalue weighted by Gasteiger charge is 2.37. The average molecular weight is 523 g/mol. The number of ether oxygens (including phenoxy) is 2. The van der Waals surface area contributed by atoms with Crippen LogP contribution in [0.4, 0.5) is 13.6 Å². The fourth-order valence-electron chi connectivity index (χ4n) is 4.06. The zero-order chi connectivity index (χ0) is 25.1. The van der Waals surface area contributed by atoms with Gasteiger partial charge in [0.1, 0.15) is 5.75 Å². The molecule has 2 heterocycles. The Balaban J connectivity index is 1.69. The van der Waals surface area contributed by atoms with Crippen molar-refractivity contribution in [3.8, 4) is 5.75 Å². The molecule has 0 fully saturated rings. The molecule has 11 heteroatoms. The fraction of sp³-hybridized carbons (Fsp3) is 0.292. The maximum atomic E-state index is 14.7. The molecule has 0 bridgehead atoms. The van der Waals surface area contributed by atoms with E-state index in [0.29, 0.717) is 22.6 Å². The standard InChI is InChI=1S/C24H21ClF2N2O5S/c1-13-20(35-12-28-13)7-9-33-24(32)29-8-6-15-16(3-4-18(26)22(15)27)23(29)17-10-14(25)2-5-19(17)34-11-21(30)31/h2-5,10,12,23H,6-9,11H2,1H3,(H,30,31)/t23-/m0/s1. The Kier molecular flexibility index (Phi) is 7.51. The predicted octanol–water partition coefficient (Wildman–Crippen LogP) is 5.17. The van der Waals surface area contributed by atoms with Crippen LogP contribution < -0.4 is 4.74 Å². The summed E-state index contributed by atoms with van der Waals surface area (Å²) in [6.07, 6.45) is -0.0946. The first-order valence-electron chi connectivity index (χ1n) is 10.7. The van der Waals surface area contributed by atoms with Crippen molar-refractivity contribution in [2.75, 3.05) is 19.8 Å². The van der Waals surface area contributed by atoms with Gasteiger partial charge in [0, 0.05) is 28.4 Å². The van der Waals surface area contributed by atoms with Crippen molar-refractivity contribution in [2.45, 2.75) is 25.8 Å². The van der Waals surface area contributed by atoms with Gasteiger partial charge < -0.3 is 14.6 Å². The van der Waals surface area contributed by atoms with E-state index in [9.17, 15) is 18.4 Å². The van der Waals surface area contributed by atoms with E-state index < -0.39 is 36.3 Å². The summed E-state index contributed by atoms with van der Waals surface area (Å²) in [4.78, 5) is 30.8. The first-order chi connectivity index (χ1) is 16.8. The highest BCUT2D eigenvalue weighted by Crippen LogP contribution is 2.41. The van der Waals surface area contributed by atoms with Gasteiger partial charge in [-0.3, -0.25) is 4.90 Å². The van der Waals surface area contributed by atoms with E-state index in [-0.39, 0.29) is 30.9 Å². The van der Waals surface area contributed by atoms with Gasteiger partial charge in [0.05, 0.1) is 23.9 Å². The van der Waals surface area contributed by atoms with Gasteiger partial charge in [0.25, 0.3) is 0 Å². The van der Waals surface area contributed by atoms with Crippen molar-refractivity contribution in [2.24, 2.45) is 0 Å². The molecule has 35 heavy (non-hydrogen) atoms. The molecule has 1 atom stereocenters. The smallest absolute Gasteiger partial charge is 0.410 e. The second kappa shape index (κ2) is 10.6. The molecule has 1 N–H and O–H groups in total. The summed E-state index contributed by atoms with van der Waals surface area (Å²) in [7, 11) is 0. The molecule has 0 radical (unpaired) electrons. The van der Waals surface area contributed by atoms with E-state index in [0.717, 1.165) is 16.6 Å². The number of fused-ring (bicyclic) bond motifs is 1. The number of benzene rings is 2. The molecule has 1 aliphatic heterocycles. The van der Waals surface area contributed by atoms with E-state index in [2.05, 4.69) is 4.98 Å². The molecule has 3 aromatic rings. The summed E-state index contributed by atoms with van der Waals surface area (Å²) in [6.45, 7) is 1.39. The van der Waals surface area contributed by atoms with Crippen LogP contribution in [0.3, 0.4) is 0 Å². The number of thiazole rings is 1. The Bertz CT molecular complexity index is 1270. The number of halogens is 3. The monoisotopic (exact) mass is 522 g/mol.